The zero-order valence-electron chi connectivity index (χ0n) is 31.6. The Morgan fingerprint density at radius 2 is 0.510 bits per heavy atom. The Bertz CT molecular complexity index is 673. The number of hydrogen-bond donors (Lipinski definition) is 8. The van der Waals surface area contributed by atoms with Gasteiger partial charge in [0.2, 0.25) is 0 Å². The van der Waals surface area contributed by atoms with Crippen molar-refractivity contribution < 1.29 is 44.4 Å². The fourth-order valence-electron chi connectivity index (χ4n) is 5.56. The summed E-state index contributed by atoms with van der Waals surface area (Å²) in [4.78, 5) is 17.3. The number of nitrogens with two attached hydrogens (primary N) is 1. The van der Waals surface area contributed by atoms with Crippen molar-refractivity contribution in [3.63, 3.8) is 0 Å². The van der Waals surface area contributed by atoms with Crippen LogP contribution in [-0.4, -0.2) is 99.5 Å². The Labute approximate surface area is 302 Å². The molecule has 0 aliphatic carbocycles. The van der Waals surface area contributed by atoms with Gasteiger partial charge >= 0.3 is 7.60 Å². The van der Waals surface area contributed by atoms with Crippen LogP contribution in [0.5, 0.6) is 0 Å². The van der Waals surface area contributed by atoms with Gasteiger partial charge in [-0.15, -0.1) is 0 Å². The molecule has 10 nitrogen and oxygen atoms in total. The van der Waals surface area contributed by atoms with Crippen LogP contribution in [0.2, 0.25) is 0 Å². The maximum absolute atomic E-state index is 13.1. The van der Waals surface area contributed by atoms with Gasteiger partial charge in [-0.2, -0.15) is 0 Å². The minimum absolute atomic E-state index is 0.0312. The Balaban J connectivity index is -0.000000688. The van der Waals surface area contributed by atoms with Crippen LogP contribution in [0.4, 0.5) is 0 Å². The molecule has 0 unspecified atom stereocenters. The van der Waals surface area contributed by atoms with Crippen molar-refractivity contribution in [2.45, 2.75) is 173 Å². The molecule has 0 aliphatic rings. The molecule has 0 atom stereocenters. The van der Waals surface area contributed by atoms with Gasteiger partial charge in [-0.25, -0.2) is 0 Å². The molecule has 12 heteroatoms. The summed E-state index contributed by atoms with van der Waals surface area (Å²) in [6.45, 7) is 2.21. The molecule has 0 aromatic heterocycles. The van der Waals surface area contributed by atoms with Gasteiger partial charge in [-0.1, -0.05) is 109 Å². The molecular weight excluding hydrogens is 664 g/mol. The van der Waals surface area contributed by atoms with Gasteiger partial charge in [0.15, 0.2) is 0 Å². The highest BCUT2D eigenvalue weighted by molar-refractivity contribution is 7.63. The molecule has 300 valence electrons. The Morgan fingerprint density at radius 3 is 0.755 bits per heavy atom. The van der Waals surface area contributed by atoms with E-state index in [2.05, 4.69) is 0 Å². The van der Waals surface area contributed by atoms with Gasteiger partial charge in [0.25, 0.3) is 0 Å². The van der Waals surface area contributed by atoms with Gasteiger partial charge in [0.05, 0.1) is 7.14 Å². The van der Waals surface area contributed by atoms with Gasteiger partial charge in [0, 0.05) is 57.7 Å². The molecule has 0 bridgehead atoms. The maximum Gasteiger partial charge on any atom is 0.325 e. The van der Waals surface area contributed by atoms with Crippen LogP contribution in [0.1, 0.15) is 173 Å². The normalized spacial score (nSPS) is 11.6. The van der Waals surface area contributed by atoms with Crippen molar-refractivity contribution in [2.24, 2.45) is 5.73 Å². The summed E-state index contributed by atoms with van der Waals surface area (Å²) < 4.78 is 23.6. The standard InChI is InChI=1S/C17H37O4P.C11H25O4P.C9H21NO/c18-12-6-1-3-9-15-22(21,17-11-5-8-14-20)16-10-4-2-7-13-19;12-10-8-6-4-2-1-3-5-7-9-11-16(13,14)15;10-8-6-4-2-1-3-5-7-9-11/h18-20H,1-17H2;12H,1-11H2,(H2,13,14,15);11H,1-10H2. The number of hydrogen-bond acceptors (Lipinski definition) is 8. The van der Waals surface area contributed by atoms with E-state index in [-0.39, 0.29) is 26.0 Å². The second-order valence-corrected chi connectivity index (χ2v) is 18.8. The van der Waals surface area contributed by atoms with E-state index < -0.39 is 14.7 Å². The second kappa shape index (κ2) is 44.3. The first-order valence-electron chi connectivity index (χ1n) is 20.0. The highest BCUT2D eigenvalue weighted by atomic mass is 31.2. The Hall–Kier alpha value is 0.140. The van der Waals surface area contributed by atoms with Crippen molar-refractivity contribution in [1.82, 2.24) is 0 Å². The molecule has 9 N–H and O–H groups in total. The van der Waals surface area contributed by atoms with Crippen molar-refractivity contribution in [3.8, 4) is 0 Å². The number of unbranched alkanes of at least 4 members (excludes halogenated alkanes) is 22. The predicted octanol–water partition coefficient (Wildman–Crippen LogP) is 7.95. The molecule has 0 spiro atoms. The fourth-order valence-corrected chi connectivity index (χ4v) is 9.27. The Morgan fingerprint density at radius 1 is 0.306 bits per heavy atom. The third-order valence-corrected chi connectivity index (χ3v) is 12.9. The number of rotatable bonds is 36. The predicted molar refractivity (Wildman–Crippen MR) is 208 cm³/mol. The maximum atomic E-state index is 13.1. The molecule has 0 fully saturated rings. The van der Waals surface area contributed by atoms with E-state index in [0.29, 0.717) is 19.6 Å². The van der Waals surface area contributed by atoms with E-state index in [1.165, 1.54) is 57.8 Å². The largest absolute Gasteiger partial charge is 0.396 e. The lowest BCUT2D eigenvalue weighted by Gasteiger charge is -2.18. The SMILES string of the molecule is NCCCCCCCCCO.O=P(CCCCCO)(CCCCCCO)CCCCCCO.O=P(O)(O)CCCCCCCCCCCO. The van der Waals surface area contributed by atoms with Crippen molar-refractivity contribution in [1.29, 1.82) is 0 Å². The smallest absolute Gasteiger partial charge is 0.325 e. The average Bonchev–Trinajstić information content (AvgIpc) is 3.07. The molecule has 0 saturated heterocycles. The van der Waals surface area contributed by atoms with Crippen molar-refractivity contribution >= 4 is 14.7 Å². The van der Waals surface area contributed by atoms with E-state index in [0.717, 1.165) is 134 Å². The van der Waals surface area contributed by atoms with E-state index in [4.69, 9.17) is 41.1 Å². The highest BCUT2D eigenvalue weighted by Crippen LogP contribution is 2.48. The summed E-state index contributed by atoms with van der Waals surface area (Å²) in [5, 5.41) is 43.5. The third kappa shape index (κ3) is 52.6. The topological polar surface area (TPSA) is 202 Å². The van der Waals surface area contributed by atoms with Crippen LogP contribution in [0, 0.1) is 0 Å². The van der Waals surface area contributed by atoms with E-state index in [9.17, 15) is 9.13 Å². The molecule has 0 saturated carbocycles. The quantitative estimate of drug-likeness (QED) is 0.0230. The summed E-state index contributed by atoms with van der Waals surface area (Å²) in [5.74, 6) is 0. The lowest BCUT2D eigenvalue weighted by atomic mass is 10.1. The molecule has 49 heavy (non-hydrogen) atoms. The van der Waals surface area contributed by atoms with E-state index in [1.807, 2.05) is 0 Å². The molecule has 0 heterocycles. The first-order chi connectivity index (χ1) is 23.7. The molecule has 0 rings (SSSR count). The number of aliphatic hydroxyl groups excluding tert-OH is 5. The third-order valence-electron chi connectivity index (χ3n) is 8.64. The molecular formula is C37H83NO9P2. The summed E-state index contributed by atoms with van der Waals surface area (Å²) in [5.41, 5.74) is 5.36. The molecule has 0 aromatic rings. The van der Waals surface area contributed by atoms with Crippen molar-refractivity contribution in [3.05, 3.63) is 0 Å². The average molecular weight is 748 g/mol. The molecule has 0 aromatic carbocycles. The van der Waals surface area contributed by atoms with Crippen LogP contribution < -0.4 is 5.73 Å². The Kier molecular flexibility index (Phi) is 48.4. The van der Waals surface area contributed by atoms with Crippen LogP contribution in [0.3, 0.4) is 0 Å². The molecule has 0 aliphatic heterocycles. The first kappa shape index (κ1) is 53.5. The first-order valence-corrected chi connectivity index (χ1v) is 24.1. The molecule has 0 radical (unpaired) electrons. The zero-order valence-corrected chi connectivity index (χ0v) is 33.4. The van der Waals surface area contributed by atoms with Crippen LogP contribution in [-0.2, 0) is 9.13 Å². The summed E-state index contributed by atoms with van der Waals surface area (Å²) in [6, 6.07) is 0. The van der Waals surface area contributed by atoms with E-state index >= 15 is 0 Å². The molecule has 0 amide bonds. The van der Waals surface area contributed by atoms with Crippen molar-refractivity contribution in [2.75, 3.05) is 64.2 Å². The minimum atomic E-state index is -3.76. The minimum Gasteiger partial charge on any atom is -0.396 e. The lowest BCUT2D eigenvalue weighted by molar-refractivity contribution is 0.282. The van der Waals surface area contributed by atoms with Crippen LogP contribution in [0.25, 0.3) is 0 Å². The number of aliphatic hydroxyl groups is 5. The highest BCUT2D eigenvalue weighted by Gasteiger charge is 2.20. The summed E-state index contributed by atoms with van der Waals surface area (Å²) >= 11 is 0. The van der Waals surface area contributed by atoms with Gasteiger partial charge < -0.3 is 45.6 Å². The fraction of sp³-hybridized carbons (Fsp3) is 1.00. The van der Waals surface area contributed by atoms with Crippen LogP contribution in [0.15, 0.2) is 0 Å². The lowest BCUT2D eigenvalue weighted by Crippen LogP contribution is -2.02. The zero-order chi connectivity index (χ0) is 37.2. The monoisotopic (exact) mass is 748 g/mol. The van der Waals surface area contributed by atoms with Crippen LogP contribution >= 0.6 is 14.7 Å². The van der Waals surface area contributed by atoms with Gasteiger partial charge in [-0.05, 0) is 70.8 Å². The summed E-state index contributed by atoms with van der Waals surface area (Å²) in [6.07, 6.45) is 31.0. The van der Waals surface area contributed by atoms with Gasteiger partial charge in [0.1, 0.15) is 0 Å². The van der Waals surface area contributed by atoms with Gasteiger partial charge in [-0.3, -0.25) is 4.57 Å². The van der Waals surface area contributed by atoms with E-state index in [1.54, 1.807) is 0 Å². The second-order valence-electron chi connectivity index (χ2n) is 13.6. The summed E-state index contributed by atoms with van der Waals surface area (Å²) in [7, 11) is -5.83.